The Hall–Kier alpha value is -0.390. The first-order valence-electron chi connectivity index (χ1n) is 4.96. The van der Waals surface area contributed by atoms with E-state index in [2.05, 4.69) is 37.2 Å². The van der Waals surface area contributed by atoms with Gasteiger partial charge >= 0.3 is 0 Å². The van der Waals surface area contributed by atoms with Gasteiger partial charge in [-0.1, -0.05) is 22.9 Å². The molecule has 1 amide bonds. The summed E-state index contributed by atoms with van der Waals surface area (Å²) >= 11 is 6.64. The van der Waals surface area contributed by atoms with Gasteiger partial charge in [-0.25, -0.2) is 0 Å². The number of aliphatic hydroxyl groups is 1. The largest absolute Gasteiger partial charge is 0.391 e. The summed E-state index contributed by atoms with van der Waals surface area (Å²) in [6, 6.07) is 5.34. The highest BCUT2D eigenvalue weighted by Crippen LogP contribution is 2.21. The highest BCUT2D eigenvalue weighted by molar-refractivity contribution is 9.11. The smallest absolute Gasteiger partial charge is 0.252 e. The van der Waals surface area contributed by atoms with E-state index in [4.69, 9.17) is 0 Å². The Morgan fingerprint density at radius 2 is 2.19 bits per heavy atom. The quantitative estimate of drug-likeness (QED) is 0.877. The summed E-state index contributed by atoms with van der Waals surface area (Å²) in [6.07, 6.45) is 0.139. The minimum Gasteiger partial charge on any atom is -0.391 e. The van der Waals surface area contributed by atoms with Crippen LogP contribution in [-0.4, -0.2) is 23.7 Å². The van der Waals surface area contributed by atoms with Gasteiger partial charge in [0.25, 0.3) is 5.91 Å². The van der Waals surface area contributed by atoms with Gasteiger partial charge in [0.15, 0.2) is 0 Å². The molecule has 0 aliphatic heterocycles. The highest BCUT2D eigenvalue weighted by atomic mass is 79.9. The van der Waals surface area contributed by atoms with Gasteiger partial charge < -0.3 is 10.4 Å². The number of carbonyl (C=O) groups excluding carboxylic acids is 1. The molecule has 1 atom stereocenters. The number of aliphatic hydroxyl groups excluding tert-OH is 1. The molecule has 1 rings (SSSR count). The summed E-state index contributed by atoms with van der Waals surface area (Å²) in [5, 5.41) is 12.0. The van der Waals surface area contributed by atoms with Crippen LogP contribution in [0.2, 0.25) is 0 Å². The van der Waals surface area contributed by atoms with Gasteiger partial charge in [0.05, 0.1) is 11.7 Å². The van der Waals surface area contributed by atoms with Gasteiger partial charge in [-0.05, 0) is 40.5 Å². The van der Waals surface area contributed by atoms with Crippen LogP contribution in [0.25, 0.3) is 0 Å². The average Bonchev–Trinajstić information content (AvgIpc) is 2.25. The molecule has 0 saturated carbocycles. The standard InChI is InChI=1S/C11H13Br2NO2/c1-2-8(15)6-14-11(16)9-4-3-7(12)5-10(9)13/h3-5,8,15H,2,6H2,1H3,(H,14,16). The van der Waals surface area contributed by atoms with Gasteiger partial charge in [-0.15, -0.1) is 0 Å². The average molecular weight is 351 g/mol. The molecular formula is C11H13Br2NO2. The second-order valence-corrected chi connectivity index (χ2v) is 5.17. The molecule has 0 heterocycles. The van der Waals surface area contributed by atoms with Crippen molar-refractivity contribution in [2.24, 2.45) is 0 Å². The maximum atomic E-state index is 11.7. The fourth-order valence-corrected chi connectivity index (χ4v) is 2.35. The Morgan fingerprint density at radius 1 is 1.50 bits per heavy atom. The minimum absolute atomic E-state index is 0.188. The monoisotopic (exact) mass is 349 g/mol. The van der Waals surface area contributed by atoms with Crippen molar-refractivity contribution in [1.82, 2.24) is 5.32 Å². The van der Waals surface area contributed by atoms with Gasteiger partial charge in [0.2, 0.25) is 0 Å². The summed E-state index contributed by atoms with van der Waals surface area (Å²) in [4.78, 5) is 11.7. The number of nitrogens with one attached hydrogen (secondary N) is 1. The molecule has 0 spiro atoms. The molecular weight excluding hydrogens is 338 g/mol. The molecule has 88 valence electrons. The predicted octanol–water partition coefficient (Wildman–Crippen LogP) is 2.71. The van der Waals surface area contributed by atoms with Gasteiger partial charge in [-0.2, -0.15) is 0 Å². The van der Waals surface area contributed by atoms with E-state index in [1.54, 1.807) is 12.1 Å². The normalized spacial score (nSPS) is 12.2. The molecule has 3 nitrogen and oxygen atoms in total. The van der Waals surface area contributed by atoms with Crippen molar-refractivity contribution >= 4 is 37.8 Å². The molecule has 0 aliphatic rings. The Kier molecular flexibility index (Phi) is 5.44. The van der Waals surface area contributed by atoms with E-state index < -0.39 is 6.10 Å². The van der Waals surface area contributed by atoms with E-state index in [1.165, 1.54) is 0 Å². The second kappa shape index (κ2) is 6.37. The first kappa shape index (κ1) is 13.7. The van der Waals surface area contributed by atoms with Crippen LogP contribution in [0.15, 0.2) is 27.1 Å². The van der Waals surface area contributed by atoms with E-state index in [-0.39, 0.29) is 12.5 Å². The third-order valence-electron chi connectivity index (χ3n) is 2.15. The molecule has 0 aromatic heterocycles. The van der Waals surface area contributed by atoms with Crippen LogP contribution in [0, 0.1) is 0 Å². The number of amides is 1. The third kappa shape index (κ3) is 3.88. The molecule has 0 fully saturated rings. The summed E-state index contributed by atoms with van der Waals surface area (Å²) in [5.41, 5.74) is 0.562. The van der Waals surface area contributed by atoms with Crippen LogP contribution in [0.3, 0.4) is 0 Å². The van der Waals surface area contributed by atoms with Crippen molar-refractivity contribution in [3.63, 3.8) is 0 Å². The lowest BCUT2D eigenvalue weighted by Crippen LogP contribution is -2.31. The van der Waals surface area contributed by atoms with Gasteiger partial charge in [-0.3, -0.25) is 4.79 Å². The number of halogens is 2. The zero-order valence-corrected chi connectivity index (χ0v) is 12.0. The maximum absolute atomic E-state index is 11.7. The molecule has 1 unspecified atom stereocenters. The predicted molar refractivity (Wildman–Crippen MR) is 70.5 cm³/mol. The number of hydrogen-bond acceptors (Lipinski definition) is 2. The SMILES string of the molecule is CCC(O)CNC(=O)c1ccc(Br)cc1Br. The number of hydrogen-bond donors (Lipinski definition) is 2. The van der Waals surface area contributed by atoms with Gasteiger partial charge in [0, 0.05) is 15.5 Å². The molecule has 1 aromatic rings. The Balaban J connectivity index is 2.66. The maximum Gasteiger partial charge on any atom is 0.252 e. The fraction of sp³-hybridized carbons (Fsp3) is 0.364. The minimum atomic E-state index is -0.488. The van der Waals surface area contributed by atoms with Crippen molar-refractivity contribution in [2.45, 2.75) is 19.4 Å². The summed E-state index contributed by atoms with van der Waals surface area (Å²) < 4.78 is 1.63. The van der Waals surface area contributed by atoms with E-state index in [1.807, 2.05) is 13.0 Å². The van der Waals surface area contributed by atoms with Crippen molar-refractivity contribution in [1.29, 1.82) is 0 Å². The third-order valence-corrected chi connectivity index (χ3v) is 3.29. The highest BCUT2D eigenvalue weighted by Gasteiger charge is 2.11. The van der Waals surface area contributed by atoms with E-state index in [0.717, 1.165) is 8.95 Å². The first-order chi connectivity index (χ1) is 7.54. The van der Waals surface area contributed by atoms with Crippen LogP contribution < -0.4 is 5.32 Å². The topological polar surface area (TPSA) is 49.3 Å². The van der Waals surface area contributed by atoms with Crippen LogP contribution in [0.4, 0.5) is 0 Å². The Labute approximate surface area is 111 Å². The molecule has 2 N–H and O–H groups in total. The van der Waals surface area contributed by atoms with Crippen LogP contribution in [0.1, 0.15) is 23.7 Å². The first-order valence-corrected chi connectivity index (χ1v) is 6.54. The van der Waals surface area contributed by atoms with E-state index >= 15 is 0 Å². The molecule has 16 heavy (non-hydrogen) atoms. The summed E-state index contributed by atoms with van der Waals surface area (Å²) in [7, 11) is 0. The van der Waals surface area contributed by atoms with Crippen LogP contribution >= 0.6 is 31.9 Å². The molecule has 0 radical (unpaired) electrons. The number of carbonyl (C=O) groups is 1. The summed E-state index contributed by atoms with van der Waals surface area (Å²) in [6.45, 7) is 2.14. The van der Waals surface area contributed by atoms with Crippen molar-refractivity contribution < 1.29 is 9.90 Å². The van der Waals surface area contributed by atoms with Crippen molar-refractivity contribution in [2.75, 3.05) is 6.54 Å². The van der Waals surface area contributed by atoms with Crippen LogP contribution in [-0.2, 0) is 0 Å². The van der Waals surface area contributed by atoms with E-state index in [9.17, 15) is 9.90 Å². The van der Waals surface area contributed by atoms with Crippen molar-refractivity contribution in [3.8, 4) is 0 Å². The number of benzene rings is 1. The lowest BCUT2D eigenvalue weighted by molar-refractivity contribution is 0.0913. The van der Waals surface area contributed by atoms with Gasteiger partial charge in [0.1, 0.15) is 0 Å². The fourth-order valence-electron chi connectivity index (χ4n) is 1.12. The summed E-state index contributed by atoms with van der Waals surface area (Å²) in [5.74, 6) is -0.188. The van der Waals surface area contributed by atoms with Crippen molar-refractivity contribution in [3.05, 3.63) is 32.7 Å². The van der Waals surface area contributed by atoms with Crippen LogP contribution in [0.5, 0.6) is 0 Å². The molecule has 1 aromatic carbocycles. The Morgan fingerprint density at radius 3 is 2.75 bits per heavy atom. The molecule has 5 heteroatoms. The molecule has 0 aliphatic carbocycles. The Bertz CT molecular complexity index is 382. The number of rotatable bonds is 4. The lowest BCUT2D eigenvalue weighted by Gasteiger charge is -2.10. The second-order valence-electron chi connectivity index (χ2n) is 3.40. The molecule has 0 bridgehead atoms. The lowest BCUT2D eigenvalue weighted by atomic mass is 10.2. The molecule has 0 saturated heterocycles. The van der Waals surface area contributed by atoms with E-state index in [0.29, 0.717) is 12.0 Å². The zero-order chi connectivity index (χ0) is 12.1. The zero-order valence-electron chi connectivity index (χ0n) is 8.84.